The van der Waals surface area contributed by atoms with E-state index >= 15 is 0 Å². The quantitative estimate of drug-likeness (QED) is 0.649. The predicted molar refractivity (Wildman–Crippen MR) is 40.3 cm³/mol. The molecule has 1 aromatic rings. The van der Waals surface area contributed by atoms with Gasteiger partial charge in [-0.3, -0.25) is 4.98 Å². The molecule has 0 fully saturated rings. The van der Waals surface area contributed by atoms with E-state index in [0.717, 1.165) is 5.56 Å². The molecule has 3 nitrogen and oxygen atoms in total. The number of hydrogen-bond donors (Lipinski definition) is 1. The van der Waals surface area contributed by atoms with Crippen molar-refractivity contribution in [3.63, 3.8) is 0 Å². The maximum atomic E-state index is 5.22. The van der Waals surface area contributed by atoms with Crippen LogP contribution in [0.2, 0.25) is 0 Å². The molecule has 56 valence electrons. The molecule has 2 rings (SSSR count). The zero-order chi connectivity index (χ0) is 7.52. The van der Waals surface area contributed by atoms with Crippen molar-refractivity contribution in [2.75, 3.05) is 0 Å². The first-order valence-electron chi connectivity index (χ1n) is 3.43. The van der Waals surface area contributed by atoms with Crippen molar-refractivity contribution in [1.82, 2.24) is 10.3 Å². The van der Waals surface area contributed by atoms with Crippen molar-refractivity contribution in [2.45, 2.75) is 6.23 Å². The van der Waals surface area contributed by atoms with Crippen LogP contribution < -0.4 is 5.32 Å². The van der Waals surface area contributed by atoms with E-state index in [9.17, 15) is 0 Å². The van der Waals surface area contributed by atoms with Crippen LogP contribution in [0.25, 0.3) is 0 Å². The number of hydrogen-bond acceptors (Lipinski definition) is 3. The first-order valence-corrected chi connectivity index (χ1v) is 3.43. The minimum Gasteiger partial charge on any atom is -0.473 e. The molecule has 0 saturated heterocycles. The number of nitrogens with zero attached hydrogens (tertiary/aromatic N) is 1. The number of rotatable bonds is 1. The van der Waals surface area contributed by atoms with Crippen molar-refractivity contribution < 1.29 is 4.74 Å². The molecular formula is C8H8N2O. The molecule has 3 heteroatoms. The van der Waals surface area contributed by atoms with Crippen LogP contribution in [0, 0.1) is 0 Å². The summed E-state index contributed by atoms with van der Waals surface area (Å²) in [6.45, 7) is 0. The molecule has 11 heavy (non-hydrogen) atoms. The minimum atomic E-state index is -0.0296. The molecule has 1 atom stereocenters. The topological polar surface area (TPSA) is 34.1 Å². The molecule has 1 aromatic heterocycles. The Hall–Kier alpha value is -1.51. The second kappa shape index (κ2) is 2.62. The average molecular weight is 148 g/mol. The molecule has 0 bridgehead atoms. The summed E-state index contributed by atoms with van der Waals surface area (Å²) in [6.07, 6.45) is 6.89. The fourth-order valence-corrected chi connectivity index (χ4v) is 0.997. The van der Waals surface area contributed by atoms with Crippen LogP contribution in [0.5, 0.6) is 0 Å². The fraction of sp³-hybridized carbons (Fsp3) is 0.125. The van der Waals surface area contributed by atoms with E-state index in [1.165, 1.54) is 0 Å². The van der Waals surface area contributed by atoms with E-state index in [2.05, 4.69) is 10.3 Å². The van der Waals surface area contributed by atoms with Gasteiger partial charge in [0.15, 0.2) is 6.23 Å². The van der Waals surface area contributed by atoms with Crippen LogP contribution in [0.1, 0.15) is 11.8 Å². The van der Waals surface area contributed by atoms with Crippen LogP contribution in [0.15, 0.2) is 37.0 Å². The monoisotopic (exact) mass is 148 g/mol. The van der Waals surface area contributed by atoms with E-state index in [0.29, 0.717) is 0 Å². The number of ether oxygens (including phenoxy) is 1. The van der Waals surface area contributed by atoms with Crippen LogP contribution in [-0.2, 0) is 4.74 Å². The van der Waals surface area contributed by atoms with Gasteiger partial charge in [-0.25, -0.2) is 0 Å². The Morgan fingerprint density at radius 1 is 1.36 bits per heavy atom. The maximum Gasteiger partial charge on any atom is 0.195 e. The standard InChI is InChI=1S/C8H8N2O/c1-3-9-4-2-7(1)8-10-5-6-11-8/h1-6,8,10H. The molecule has 0 amide bonds. The van der Waals surface area contributed by atoms with Gasteiger partial charge in [0.25, 0.3) is 0 Å². The predicted octanol–water partition coefficient (Wildman–Crippen LogP) is 1.17. The van der Waals surface area contributed by atoms with Crippen molar-refractivity contribution in [3.05, 3.63) is 42.6 Å². The smallest absolute Gasteiger partial charge is 0.195 e. The third-order valence-electron chi connectivity index (χ3n) is 1.54. The van der Waals surface area contributed by atoms with Gasteiger partial charge in [-0.2, -0.15) is 0 Å². The molecule has 0 aromatic carbocycles. The van der Waals surface area contributed by atoms with Crippen molar-refractivity contribution in [2.24, 2.45) is 0 Å². The highest BCUT2D eigenvalue weighted by Gasteiger charge is 2.11. The lowest BCUT2D eigenvalue weighted by molar-refractivity contribution is 0.154. The summed E-state index contributed by atoms with van der Waals surface area (Å²) in [5.41, 5.74) is 1.09. The van der Waals surface area contributed by atoms with Crippen molar-refractivity contribution in [1.29, 1.82) is 0 Å². The van der Waals surface area contributed by atoms with Gasteiger partial charge in [-0.1, -0.05) is 0 Å². The second-order valence-electron chi connectivity index (χ2n) is 2.27. The van der Waals surface area contributed by atoms with Crippen molar-refractivity contribution >= 4 is 0 Å². The fourth-order valence-electron chi connectivity index (χ4n) is 0.997. The number of aromatic nitrogens is 1. The first kappa shape index (κ1) is 6.22. The molecule has 1 unspecified atom stereocenters. The van der Waals surface area contributed by atoms with Gasteiger partial charge in [-0.05, 0) is 12.1 Å². The number of pyridine rings is 1. The van der Waals surface area contributed by atoms with Gasteiger partial charge >= 0.3 is 0 Å². The lowest BCUT2D eigenvalue weighted by atomic mass is 10.2. The Morgan fingerprint density at radius 3 is 2.82 bits per heavy atom. The summed E-state index contributed by atoms with van der Waals surface area (Å²) in [5, 5.41) is 3.04. The molecule has 1 N–H and O–H groups in total. The molecule has 0 spiro atoms. The largest absolute Gasteiger partial charge is 0.473 e. The Morgan fingerprint density at radius 2 is 2.18 bits per heavy atom. The molecular weight excluding hydrogens is 140 g/mol. The highest BCUT2D eigenvalue weighted by molar-refractivity contribution is 5.14. The van der Waals surface area contributed by atoms with Gasteiger partial charge in [0, 0.05) is 24.2 Å². The van der Waals surface area contributed by atoms with Crippen LogP contribution >= 0.6 is 0 Å². The van der Waals surface area contributed by atoms with E-state index in [-0.39, 0.29) is 6.23 Å². The van der Waals surface area contributed by atoms with E-state index in [1.54, 1.807) is 24.9 Å². The SMILES string of the molecule is C1=COC(c2ccncc2)N1. The molecule has 0 saturated carbocycles. The lowest BCUT2D eigenvalue weighted by Crippen LogP contribution is -2.10. The molecule has 1 aliphatic heterocycles. The van der Waals surface area contributed by atoms with Gasteiger partial charge in [-0.15, -0.1) is 0 Å². The zero-order valence-corrected chi connectivity index (χ0v) is 5.90. The minimum absolute atomic E-state index is 0.0296. The summed E-state index contributed by atoms with van der Waals surface area (Å²) in [5.74, 6) is 0. The van der Waals surface area contributed by atoms with Crippen LogP contribution in [-0.4, -0.2) is 4.98 Å². The average Bonchev–Trinajstić information content (AvgIpc) is 2.58. The summed E-state index contributed by atoms with van der Waals surface area (Å²) in [7, 11) is 0. The van der Waals surface area contributed by atoms with Crippen molar-refractivity contribution in [3.8, 4) is 0 Å². The summed E-state index contributed by atoms with van der Waals surface area (Å²) < 4.78 is 5.22. The van der Waals surface area contributed by atoms with Gasteiger partial charge < -0.3 is 10.1 Å². The van der Waals surface area contributed by atoms with E-state index in [1.807, 2.05) is 12.1 Å². The zero-order valence-electron chi connectivity index (χ0n) is 5.90. The Kier molecular flexibility index (Phi) is 1.48. The van der Waals surface area contributed by atoms with Gasteiger partial charge in [0.2, 0.25) is 0 Å². The van der Waals surface area contributed by atoms with Gasteiger partial charge in [0.1, 0.15) is 6.26 Å². The van der Waals surface area contributed by atoms with Crippen LogP contribution in [0.3, 0.4) is 0 Å². The Balaban J connectivity index is 2.17. The summed E-state index contributed by atoms with van der Waals surface area (Å²) >= 11 is 0. The number of nitrogens with one attached hydrogen (secondary N) is 1. The van der Waals surface area contributed by atoms with E-state index in [4.69, 9.17) is 4.74 Å². The van der Waals surface area contributed by atoms with Crippen LogP contribution in [0.4, 0.5) is 0 Å². The lowest BCUT2D eigenvalue weighted by Gasteiger charge is -2.09. The highest BCUT2D eigenvalue weighted by atomic mass is 16.5. The Bertz CT molecular complexity index is 250. The summed E-state index contributed by atoms with van der Waals surface area (Å²) in [4.78, 5) is 3.91. The van der Waals surface area contributed by atoms with E-state index < -0.39 is 0 Å². The van der Waals surface area contributed by atoms with Gasteiger partial charge in [0.05, 0.1) is 0 Å². The molecule has 1 aliphatic rings. The molecule has 0 aliphatic carbocycles. The summed E-state index contributed by atoms with van der Waals surface area (Å²) in [6, 6.07) is 3.84. The Labute approximate surface area is 64.7 Å². The molecule has 0 radical (unpaired) electrons. The normalized spacial score (nSPS) is 20.9. The third kappa shape index (κ3) is 1.17. The maximum absolute atomic E-state index is 5.22. The first-order chi connectivity index (χ1) is 5.47. The highest BCUT2D eigenvalue weighted by Crippen LogP contribution is 2.16. The molecule has 2 heterocycles. The third-order valence-corrected chi connectivity index (χ3v) is 1.54. The second-order valence-corrected chi connectivity index (χ2v) is 2.27.